The molecule has 0 unspecified atom stereocenters. The molecule has 2 N–H and O–H groups in total. The van der Waals surface area contributed by atoms with Gasteiger partial charge in [-0.15, -0.1) is 0 Å². The Bertz CT molecular complexity index is 1280. The second-order valence-corrected chi connectivity index (χ2v) is 14.5. The summed E-state index contributed by atoms with van der Waals surface area (Å²) in [5.41, 5.74) is 4.64. The first kappa shape index (κ1) is 32.8. The van der Waals surface area contributed by atoms with Gasteiger partial charge in [-0.2, -0.15) is 0 Å². The van der Waals surface area contributed by atoms with E-state index in [0.717, 1.165) is 22.5 Å². The summed E-state index contributed by atoms with van der Waals surface area (Å²) in [6.07, 6.45) is 1.72. The Morgan fingerprint density at radius 2 is 1.50 bits per heavy atom. The molecule has 9 heteroatoms. The number of para-hydroxylation sites is 2. The van der Waals surface area contributed by atoms with Crippen LogP contribution in [0.2, 0.25) is 10.0 Å². The molecule has 0 aliphatic rings. The molecule has 0 saturated heterocycles. The number of benzene rings is 3. The monoisotopic (exact) mass is 630 g/mol. The van der Waals surface area contributed by atoms with Gasteiger partial charge in [0.25, 0.3) is 0 Å². The molecule has 0 spiro atoms. The molecule has 3 aromatic rings. The average Bonchev–Trinajstić information content (AvgIpc) is 2.80. The molecule has 0 saturated carbocycles. The fraction of sp³-hybridized carbons (Fsp3) is 0.345. The molecule has 0 aromatic heterocycles. The van der Waals surface area contributed by atoms with E-state index in [4.69, 9.17) is 46.8 Å². The molecule has 38 heavy (non-hydrogen) atoms. The Morgan fingerprint density at radius 3 is 2.08 bits per heavy atom. The van der Waals surface area contributed by atoms with E-state index in [0.29, 0.717) is 22.7 Å². The summed E-state index contributed by atoms with van der Waals surface area (Å²) in [6, 6.07) is 15.1. The summed E-state index contributed by atoms with van der Waals surface area (Å²) >= 11 is 11.7. The van der Waals surface area contributed by atoms with Gasteiger partial charge in [-0.25, -0.2) is 0 Å². The van der Waals surface area contributed by atoms with E-state index in [2.05, 4.69) is 47.6 Å². The Hall–Kier alpha value is -1.40. The topological polar surface area (TPSA) is 56.1 Å². The predicted octanol–water partition coefficient (Wildman–Crippen LogP) is 9.76. The van der Waals surface area contributed by atoms with Crippen LogP contribution in [0.4, 0.5) is 11.4 Å². The van der Waals surface area contributed by atoms with E-state index in [1.54, 1.807) is 12.3 Å². The van der Waals surface area contributed by atoms with Gasteiger partial charge >= 0.3 is 35.6 Å². The van der Waals surface area contributed by atoms with Crippen molar-refractivity contribution in [2.75, 3.05) is 11.9 Å². The Kier molecular flexibility index (Phi) is 11.9. The van der Waals surface area contributed by atoms with Crippen LogP contribution < -0.4 is 4.90 Å². The zero-order chi connectivity index (χ0) is 28.8. The molecule has 0 amide bonds. The van der Waals surface area contributed by atoms with Gasteiger partial charge in [-0.3, -0.25) is 4.99 Å². The number of aromatic hydroxyl groups is 2. The van der Waals surface area contributed by atoms with Crippen LogP contribution in [0.1, 0.15) is 63.8 Å². The summed E-state index contributed by atoms with van der Waals surface area (Å²) in [4.78, 5) is 6.74. The van der Waals surface area contributed by atoms with Crippen LogP contribution in [0.25, 0.3) is 0 Å². The first-order chi connectivity index (χ1) is 17.6. The fourth-order valence-electron chi connectivity index (χ4n) is 3.88. The molecule has 0 heterocycles. The van der Waals surface area contributed by atoms with Gasteiger partial charge < -0.3 is 15.1 Å². The molecule has 4 nitrogen and oxygen atoms in total. The van der Waals surface area contributed by atoms with E-state index in [9.17, 15) is 10.2 Å². The van der Waals surface area contributed by atoms with Crippen molar-refractivity contribution in [3.05, 3.63) is 80.8 Å². The molecule has 204 valence electrons. The standard InChI is InChI=1S/C29H34Cl2N2O2.2ClH.Ti/c1-28(2,3)20-12-18(26(34)22(14-20)29(4,5)6)16-32-24-10-8-9-11-25(24)33(7)17-19-13-21(30)15-23(31)27(19)35;;;/h8-16,34-35H,17H2,1-7H3;2*1H;/q;;;+2/p-2. The van der Waals surface area contributed by atoms with E-state index in [1.165, 1.54) is 6.07 Å². The number of hydrogen-bond acceptors (Lipinski definition) is 4. The second kappa shape index (κ2) is 13.8. The van der Waals surface area contributed by atoms with Crippen LogP contribution in [0, 0.1) is 0 Å². The number of nitrogens with zero attached hydrogens (tertiary/aromatic N) is 2. The molecular formula is C29H34Cl4N2O2Ti. The summed E-state index contributed by atoms with van der Waals surface area (Å²) in [7, 11) is 11.7. The van der Waals surface area contributed by atoms with Gasteiger partial charge in [0.05, 0.1) is 16.4 Å². The quantitative estimate of drug-likeness (QED) is 0.218. The number of aliphatic imine (C=N–C) groups is 1. The van der Waals surface area contributed by atoms with Gasteiger partial charge in [0, 0.05) is 41.5 Å². The average molecular weight is 632 g/mol. The molecular weight excluding hydrogens is 598 g/mol. The third kappa shape index (κ3) is 8.81. The zero-order valence-corrected chi connectivity index (χ0v) is 27.3. The molecule has 0 atom stereocenters. The molecule has 0 aliphatic carbocycles. The maximum atomic E-state index is 11.1. The molecule has 3 aromatic carbocycles. The SMILES string of the molecule is CN(Cc1cc(Cl)cc(Cl)c1O)c1ccccc1N=Cc1cc(C(C)(C)C)cc(C(C)(C)C)c1O.[Cl][Ti][Cl]. The van der Waals surface area contributed by atoms with Crippen molar-refractivity contribution in [3.63, 3.8) is 0 Å². The number of phenols is 2. The Labute approximate surface area is 253 Å². The van der Waals surface area contributed by atoms with Crippen molar-refractivity contribution in [1.82, 2.24) is 0 Å². The molecule has 0 fully saturated rings. The minimum absolute atomic E-state index is 0.0162. The molecule has 0 bridgehead atoms. The predicted molar refractivity (Wildman–Crippen MR) is 161 cm³/mol. The number of anilines is 1. The van der Waals surface area contributed by atoms with Crippen molar-refractivity contribution < 1.29 is 27.2 Å². The molecule has 3 rings (SSSR count). The summed E-state index contributed by atoms with van der Waals surface area (Å²) < 4.78 is 0. The van der Waals surface area contributed by atoms with Crippen LogP contribution in [0.5, 0.6) is 11.5 Å². The van der Waals surface area contributed by atoms with Crippen molar-refractivity contribution in [3.8, 4) is 11.5 Å². The van der Waals surface area contributed by atoms with Crippen molar-refractivity contribution in [2.45, 2.75) is 58.9 Å². The fourth-order valence-corrected chi connectivity index (χ4v) is 4.41. The van der Waals surface area contributed by atoms with Crippen LogP contribution in [0.3, 0.4) is 0 Å². The van der Waals surface area contributed by atoms with E-state index in [-0.39, 0.29) is 27.4 Å². The van der Waals surface area contributed by atoms with E-state index < -0.39 is 17.0 Å². The van der Waals surface area contributed by atoms with Gasteiger partial charge in [0.15, 0.2) is 0 Å². The normalized spacial score (nSPS) is 11.8. The van der Waals surface area contributed by atoms with Gasteiger partial charge in [-0.1, -0.05) is 82.9 Å². The number of hydrogen-bond donors (Lipinski definition) is 2. The maximum absolute atomic E-state index is 11.1. The van der Waals surface area contributed by atoms with Crippen LogP contribution in [-0.4, -0.2) is 23.5 Å². The van der Waals surface area contributed by atoms with Crippen molar-refractivity contribution in [2.24, 2.45) is 4.99 Å². The Balaban J connectivity index is 0.00000161. The first-order valence-electron chi connectivity index (χ1n) is 12.0. The van der Waals surface area contributed by atoms with Crippen LogP contribution in [-0.2, 0) is 34.4 Å². The molecule has 0 aliphatic heterocycles. The Morgan fingerprint density at radius 1 is 0.895 bits per heavy atom. The van der Waals surface area contributed by atoms with Crippen LogP contribution >= 0.6 is 41.8 Å². The summed E-state index contributed by atoms with van der Waals surface area (Å²) in [5, 5.41) is 22.2. The number of rotatable bonds is 5. The van der Waals surface area contributed by atoms with Gasteiger partial charge in [-0.05, 0) is 46.7 Å². The zero-order valence-electron chi connectivity index (χ0n) is 22.7. The number of halogens is 4. The minimum atomic E-state index is -0.556. The number of phenolic OH excluding ortho intramolecular Hbond substituents is 2. The van der Waals surface area contributed by atoms with E-state index >= 15 is 0 Å². The first-order valence-corrected chi connectivity index (χ1v) is 17.0. The van der Waals surface area contributed by atoms with Crippen molar-refractivity contribution >= 4 is 59.4 Å². The van der Waals surface area contributed by atoms with Gasteiger partial charge in [0.1, 0.15) is 11.5 Å². The third-order valence-corrected chi connectivity index (χ3v) is 6.47. The van der Waals surface area contributed by atoms with E-state index in [1.807, 2.05) is 42.3 Å². The summed E-state index contributed by atoms with van der Waals surface area (Å²) in [5.74, 6) is 0.265. The van der Waals surface area contributed by atoms with Gasteiger partial charge in [0.2, 0.25) is 0 Å². The second-order valence-electron chi connectivity index (χ2n) is 11.0. The summed E-state index contributed by atoms with van der Waals surface area (Å²) in [6.45, 7) is 13.2. The molecule has 0 radical (unpaired) electrons. The third-order valence-electron chi connectivity index (χ3n) is 5.96. The van der Waals surface area contributed by atoms with Crippen molar-refractivity contribution in [1.29, 1.82) is 0 Å². The van der Waals surface area contributed by atoms with Crippen LogP contribution in [0.15, 0.2) is 53.5 Å².